The summed E-state index contributed by atoms with van der Waals surface area (Å²) in [6.07, 6.45) is 3.66. The number of likely N-dealkylation sites (N-methyl/N-ethyl adjacent to an activating group) is 1. The van der Waals surface area contributed by atoms with Gasteiger partial charge < -0.3 is 16.0 Å². The van der Waals surface area contributed by atoms with Gasteiger partial charge in [0.05, 0.1) is 0 Å². The molecule has 4 nitrogen and oxygen atoms in total. The van der Waals surface area contributed by atoms with Gasteiger partial charge in [-0.15, -0.1) is 0 Å². The van der Waals surface area contributed by atoms with Gasteiger partial charge in [-0.25, -0.2) is 0 Å². The van der Waals surface area contributed by atoms with Gasteiger partial charge in [0.15, 0.2) is 0 Å². The number of nitrogens with one attached hydrogen (secondary N) is 1. The number of hydrogen-bond acceptors (Lipinski definition) is 4. The average Bonchev–Trinajstić information content (AvgIpc) is 2.40. The van der Waals surface area contributed by atoms with Crippen molar-refractivity contribution in [1.82, 2.24) is 15.2 Å². The molecule has 0 saturated heterocycles. The fraction of sp³-hybridized carbons (Fsp3) is 0.615. The lowest BCUT2D eigenvalue weighted by molar-refractivity contribution is 0.297. The van der Waals surface area contributed by atoms with Crippen molar-refractivity contribution < 1.29 is 0 Å². The number of rotatable bonds is 8. The first kappa shape index (κ1) is 14.1. The summed E-state index contributed by atoms with van der Waals surface area (Å²) in [5.74, 6) is 0. The minimum absolute atomic E-state index is 0.208. The summed E-state index contributed by atoms with van der Waals surface area (Å²) in [4.78, 5) is 6.52. The van der Waals surface area contributed by atoms with E-state index in [4.69, 9.17) is 5.73 Å². The van der Waals surface area contributed by atoms with Crippen molar-refractivity contribution in [3.63, 3.8) is 0 Å². The van der Waals surface area contributed by atoms with E-state index in [2.05, 4.69) is 35.1 Å². The third kappa shape index (κ3) is 4.81. The maximum absolute atomic E-state index is 5.78. The zero-order valence-corrected chi connectivity index (χ0v) is 10.9. The molecule has 96 valence electrons. The van der Waals surface area contributed by atoms with E-state index in [-0.39, 0.29) is 6.04 Å². The van der Waals surface area contributed by atoms with Crippen LogP contribution in [0.5, 0.6) is 0 Å². The molecule has 1 heterocycles. The Morgan fingerprint density at radius 1 is 1.41 bits per heavy atom. The lowest BCUT2D eigenvalue weighted by Crippen LogP contribution is -2.36. The maximum Gasteiger partial charge on any atom is 0.0460 e. The molecule has 0 spiro atoms. The van der Waals surface area contributed by atoms with Crippen molar-refractivity contribution in [2.24, 2.45) is 5.73 Å². The van der Waals surface area contributed by atoms with Crippen molar-refractivity contribution in [3.05, 3.63) is 30.1 Å². The fourth-order valence-corrected chi connectivity index (χ4v) is 1.86. The predicted molar refractivity (Wildman–Crippen MR) is 71.8 cm³/mol. The van der Waals surface area contributed by atoms with Crippen LogP contribution in [0.1, 0.15) is 25.5 Å². The predicted octanol–water partition coefficient (Wildman–Crippen LogP) is 1.01. The van der Waals surface area contributed by atoms with Crippen LogP contribution in [0.3, 0.4) is 0 Å². The standard InChI is InChI=1S/C13H24N4/c1-3-17(4-2)9-8-16-13(10-14)12-6-5-7-15-11-12/h5-7,11,13,16H,3-4,8-10,14H2,1-2H3. The van der Waals surface area contributed by atoms with E-state index in [1.165, 1.54) is 0 Å². The first-order chi connectivity index (χ1) is 8.31. The Kier molecular flexibility index (Phi) is 6.77. The number of hydrogen-bond donors (Lipinski definition) is 2. The molecule has 0 bridgehead atoms. The minimum Gasteiger partial charge on any atom is -0.329 e. The van der Waals surface area contributed by atoms with Gasteiger partial charge in [0.25, 0.3) is 0 Å². The summed E-state index contributed by atoms with van der Waals surface area (Å²) in [7, 11) is 0. The second kappa shape index (κ2) is 8.17. The molecule has 1 unspecified atom stereocenters. The third-order valence-electron chi connectivity index (χ3n) is 3.04. The quantitative estimate of drug-likeness (QED) is 0.707. The van der Waals surface area contributed by atoms with E-state index >= 15 is 0 Å². The lowest BCUT2D eigenvalue weighted by atomic mass is 10.1. The molecule has 0 amide bonds. The molecule has 0 saturated carbocycles. The van der Waals surface area contributed by atoms with Crippen LogP contribution in [0.2, 0.25) is 0 Å². The van der Waals surface area contributed by atoms with Gasteiger partial charge in [0.2, 0.25) is 0 Å². The zero-order chi connectivity index (χ0) is 12.5. The summed E-state index contributed by atoms with van der Waals surface area (Å²) in [5, 5.41) is 3.48. The molecule has 1 atom stereocenters. The monoisotopic (exact) mass is 236 g/mol. The van der Waals surface area contributed by atoms with E-state index in [0.717, 1.165) is 31.7 Å². The summed E-state index contributed by atoms with van der Waals surface area (Å²) in [5.41, 5.74) is 6.94. The van der Waals surface area contributed by atoms with Crippen LogP contribution in [-0.4, -0.2) is 42.6 Å². The van der Waals surface area contributed by atoms with Gasteiger partial charge in [-0.1, -0.05) is 19.9 Å². The van der Waals surface area contributed by atoms with Gasteiger partial charge in [-0.2, -0.15) is 0 Å². The summed E-state index contributed by atoms with van der Waals surface area (Å²) < 4.78 is 0. The first-order valence-electron chi connectivity index (χ1n) is 6.37. The van der Waals surface area contributed by atoms with Crippen molar-refractivity contribution in [2.75, 3.05) is 32.7 Å². The third-order valence-corrected chi connectivity index (χ3v) is 3.04. The van der Waals surface area contributed by atoms with Crippen LogP contribution in [0.15, 0.2) is 24.5 Å². The van der Waals surface area contributed by atoms with Crippen LogP contribution >= 0.6 is 0 Å². The highest BCUT2D eigenvalue weighted by Gasteiger charge is 2.08. The molecular weight excluding hydrogens is 212 g/mol. The Labute approximate surface area is 104 Å². The Balaban J connectivity index is 2.38. The van der Waals surface area contributed by atoms with Crippen LogP contribution < -0.4 is 11.1 Å². The fourth-order valence-electron chi connectivity index (χ4n) is 1.86. The van der Waals surface area contributed by atoms with E-state index in [1.807, 2.05) is 12.3 Å². The Morgan fingerprint density at radius 2 is 2.18 bits per heavy atom. The SMILES string of the molecule is CCN(CC)CCNC(CN)c1cccnc1. The normalized spacial score (nSPS) is 12.9. The maximum atomic E-state index is 5.78. The first-order valence-corrected chi connectivity index (χ1v) is 6.37. The minimum atomic E-state index is 0.208. The molecule has 1 aromatic heterocycles. The van der Waals surface area contributed by atoms with Crippen LogP contribution in [-0.2, 0) is 0 Å². The molecule has 0 aliphatic heterocycles. The molecule has 0 aliphatic rings. The van der Waals surface area contributed by atoms with Crippen molar-refractivity contribution in [2.45, 2.75) is 19.9 Å². The number of nitrogens with two attached hydrogens (primary N) is 1. The number of nitrogens with zero attached hydrogens (tertiary/aromatic N) is 2. The highest BCUT2D eigenvalue weighted by molar-refractivity contribution is 5.14. The molecule has 0 radical (unpaired) electrons. The van der Waals surface area contributed by atoms with Gasteiger partial charge >= 0.3 is 0 Å². The second-order valence-electron chi connectivity index (χ2n) is 4.06. The molecule has 0 aromatic carbocycles. The summed E-state index contributed by atoms with van der Waals surface area (Å²) in [6, 6.07) is 4.22. The summed E-state index contributed by atoms with van der Waals surface area (Å²) in [6.45, 7) is 9.18. The number of aromatic nitrogens is 1. The smallest absolute Gasteiger partial charge is 0.0460 e. The van der Waals surface area contributed by atoms with E-state index in [1.54, 1.807) is 6.20 Å². The molecule has 17 heavy (non-hydrogen) atoms. The Bertz CT molecular complexity index is 285. The molecule has 0 fully saturated rings. The highest BCUT2D eigenvalue weighted by Crippen LogP contribution is 2.08. The highest BCUT2D eigenvalue weighted by atomic mass is 15.1. The van der Waals surface area contributed by atoms with E-state index in [0.29, 0.717) is 6.54 Å². The topological polar surface area (TPSA) is 54.2 Å². The van der Waals surface area contributed by atoms with Crippen molar-refractivity contribution >= 4 is 0 Å². The van der Waals surface area contributed by atoms with Crippen LogP contribution in [0.25, 0.3) is 0 Å². The van der Waals surface area contributed by atoms with Gasteiger partial charge in [-0.3, -0.25) is 4.98 Å². The van der Waals surface area contributed by atoms with Gasteiger partial charge in [0, 0.05) is 38.1 Å². The molecule has 1 rings (SSSR count). The van der Waals surface area contributed by atoms with Crippen LogP contribution in [0.4, 0.5) is 0 Å². The molecule has 4 heteroatoms. The van der Waals surface area contributed by atoms with Gasteiger partial charge in [-0.05, 0) is 24.7 Å². The molecular formula is C13H24N4. The van der Waals surface area contributed by atoms with E-state index < -0.39 is 0 Å². The van der Waals surface area contributed by atoms with Gasteiger partial charge in [0.1, 0.15) is 0 Å². The van der Waals surface area contributed by atoms with E-state index in [9.17, 15) is 0 Å². The zero-order valence-electron chi connectivity index (χ0n) is 10.9. The summed E-state index contributed by atoms with van der Waals surface area (Å²) >= 11 is 0. The largest absolute Gasteiger partial charge is 0.329 e. The van der Waals surface area contributed by atoms with Crippen molar-refractivity contribution in [1.29, 1.82) is 0 Å². The molecule has 0 aliphatic carbocycles. The average molecular weight is 236 g/mol. The number of pyridine rings is 1. The lowest BCUT2D eigenvalue weighted by Gasteiger charge is -2.21. The second-order valence-corrected chi connectivity index (χ2v) is 4.06. The van der Waals surface area contributed by atoms with Crippen molar-refractivity contribution in [3.8, 4) is 0 Å². The Hall–Kier alpha value is -0.970. The molecule has 1 aromatic rings. The Morgan fingerprint density at radius 3 is 2.71 bits per heavy atom. The molecule has 3 N–H and O–H groups in total. The van der Waals surface area contributed by atoms with Crippen LogP contribution in [0, 0.1) is 0 Å².